The average molecular weight is 293 g/mol. The van der Waals surface area contributed by atoms with Gasteiger partial charge in [0.05, 0.1) is 5.69 Å². The summed E-state index contributed by atoms with van der Waals surface area (Å²) in [5.74, 6) is 0.215. The summed E-state index contributed by atoms with van der Waals surface area (Å²) in [7, 11) is 1.80. The first-order valence-electron chi connectivity index (χ1n) is 6.94. The van der Waals surface area contributed by atoms with E-state index in [1.807, 2.05) is 18.2 Å². The maximum Gasteiger partial charge on any atom is 0.133 e. The largest absolute Gasteiger partial charge is 0.383 e. The summed E-state index contributed by atoms with van der Waals surface area (Å²) in [5.41, 5.74) is 3.64. The molecule has 1 N–H and O–H groups in total. The van der Waals surface area contributed by atoms with Crippen LogP contribution in [-0.4, -0.2) is 14.9 Å². The third-order valence-electron chi connectivity index (χ3n) is 3.54. The van der Waals surface area contributed by atoms with Crippen LogP contribution in [0.15, 0.2) is 24.3 Å². The van der Waals surface area contributed by atoms with Crippen LogP contribution in [0.25, 0.3) is 0 Å². The Hall–Kier alpha value is -1.32. The monoisotopic (exact) mass is 292 g/mol. The van der Waals surface area contributed by atoms with E-state index in [9.17, 15) is 5.11 Å². The fourth-order valence-corrected chi connectivity index (χ4v) is 2.61. The predicted octanol–water partition coefficient (Wildman–Crippen LogP) is 3.84. The zero-order chi connectivity index (χ0) is 14.9. The summed E-state index contributed by atoms with van der Waals surface area (Å²) in [4.78, 5) is 0. The maximum atomic E-state index is 10.7. The summed E-state index contributed by atoms with van der Waals surface area (Å²) in [5, 5.41) is 15.6. The van der Waals surface area contributed by atoms with Crippen LogP contribution < -0.4 is 0 Å². The Kier molecular flexibility index (Phi) is 4.51. The van der Waals surface area contributed by atoms with Gasteiger partial charge in [-0.25, -0.2) is 0 Å². The van der Waals surface area contributed by atoms with E-state index in [0.29, 0.717) is 5.15 Å². The highest BCUT2D eigenvalue weighted by Crippen LogP contribution is 2.34. The molecule has 108 valence electrons. The van der Waals surface area contributed by atoms with Crippen LogP contribution in [0.5, 0.6) is 0 Å². The van der Waals surface area contributed by atoms with E-state index in [2.05, 4.69) is 31.9 Å². The van der Waals surface area contributed by atoms with Gasteiger partial charge >= 0.3 is 0 Å². The molecule has 1 aromatic carbocycles. The maximum absolute atomic E-state index is 10.7. The van der Waals surface area contributed by atoms with Crippen molar-refractivity contribution >= 4 is 11.6 Å². The third kappa shape index (κ3) is 2.74. The van der Waals surface area contributed by atoms with Crippen LogP contribution >= 0.6 is 11.6 Å². The molecule has 0 aliphatic rings. The van der Waals surface area contributed by atoms with Crippen molar-refractivity contribution in [1.29, 1.82) is 0 Å². The average Bonchev–Trinajstić information content (AvgIpc) is 2.74. The zero-order valence-electron chi connectivity index (χ0n) is 12.4. The van der Waals surface area contributed by atoms with Gasteiger partial charge in [-0.15, -0.1) is 0 Å². The Balaban J connectivity index is 2.49. The van der Waals surface area contributed by atoms with E-state index in [4.69, 9.17) is 11.6 Å². The first-order valence-corrected chi connectivity index (χ1v) is 7.32. The van der Waals surface area contributed by atoms with Crippen molar-refractivity contribution in [2.24, 2.45) is 7.05 Å². The molecule has 1 heterocycles. The van der Waals surface area contributed by atoms with Crippen molar-refractivity contribution < 1.29 is 5.11 Å². The molecular weight excluding hydrogens is 272 g/mol. The van der Waals surface area contributed by atoms with Gasteiger partial charge in [-0.1, -0.05) is 56.6 Å². The number of nitrogens with zero attached hydrogens (tertiary/aromatic N) is 2. The minimum absolute atomic E-state index is 0.215. The normalized spacial score (nSPS) is 12.9. The predicted molar refractivity (Wildman–Crippen MR) is 82.2 cm³/mol. The second kappa shape index (κ2) is 5.98. The molecule has 0 bridgehead atoms. The van der Waals surface area contributed by atoms with Gasteiger partial charge in [0, 0.05) is 12.6 Å². The molecule has 0 aliphatic carbocycles. The highest BCUT2D eigenvalue weighted by atomic mass is 35.5. The van der Waals surface area contributed by atoms with Gasteiger partial charge in [0.15, 0.2) is 0 Å². The number of aliphatic hydroxyl groups excluding tert-OH is 1. The Morgan fingerprint density at radius 2 is 2.05 bits per heavy atom. The number of aliphatic hydroxyl groups is 1. The van der Waals surface area contributed by atoms with E-state index in [0.717, 1.165) is 23.2 Å². The van der Waals surface area contributed by atoms with Crippen LogP contribution in [0.2, 0.25) is 5.15 Å². The minimum Gasteiger partial charge on any atom is -0.383 e. The summed E-state index contributed by atoms with van der Waals surface area (Å²) < 4.78 is 1.62. The van der Waals surface area contributed by atoms with Crippen molar-refractivity contribution in [2.75, 3.05) is 0 Å². The topological polar surface area (TPSA) is 38.1 Å². The van der Waals surface area contributed by atoms with Gasteiger partial charge < -0.3 is 5.11 Å². The molecule has 1 atom stereocenters. The van der Waals surface area contributed by atoms with Gasteiger partial charge in [0.2, 0.25) is 0 Å². The molecule has 0 fully saturated rings. The molecule has 0 radical (unpaired) electrons. The Morgan fingerprint density at radius 3 is 2.65 bits per heavy atom. The Labute approximate surface area is 125 Å². The summed E-state index contributed by atoms with van der Waals surface area (Å²) in [6.07, 6.45) is 0.207. The highest BCUT2D eigenvalue weighted by Gasteiger charge is 2.24. The van der Waals surface area contributed by atoms with E-state index in [1.54, 1.807) is 11.7 Å². The van der Waals surface area contributed by atoms with Crippen LogP contribution in [0, 0.1) is 0 Å². The van der Waals surface area contributed by atoms with E-state index < -0.39 is 6.10 Å². The lowest BCUT2D eigenvalue weighted by Crippen LogP contribution is -2.04. The SMILES string of the molecule is CCc1cccc(C(O)c2c(C(C)C)nn(C)c2Cl)c1. The summed E-state index contributed by atoms with van der Waals surface area (Å²) >= 11 is 6.32. The minimum atomic E-state index is -0.736. The number of aryl methyl sites for hydroxylation is 2. The van der Waals surface area contributed by atoms with Crippen LogP contribution in [0.3, 0.4) is 0 Å². The molecule has 4 heteroatoms. The van der Waals surface area contributed by atoms with Crippen molar-refractivity contribution in [3.63, 3.8) is 0 Å². The first kappa shape index (κ1) is 15.1. The van der Waals surface area contributed by atoms with Crippen LogP contribution in [0.1, 0.15) is 55.2 Å². The number of hydrogen-bond acceptors (Lipinski definition) is 2. The van der Waals surface area contributed by atoms with Gasteiger partial charge in [0.1, 0.15) is 11.3 Å². The quantitative estimate of drug-likeness (QED) is 0.930. The molecule has 0 spiro atoms. The van der Waals surface area contributed by atoms with E-state index >= 15 is 0 Å². The molecule has 1 unspecified atom stereocenters. The first-order chi connectivity index (χ1) is 9.45. The number of benzene rings is 1. The number of halogens is 1. The smallest absolute Gasteiger partial charge is 0.133 e. The standard InChI is InChI=1S/C16H21ClN2O/c1-5-11-7-6-8-12(9-11)15(20)13-14(10(2)3)18-19(4)16(13)17/h6-10,15,20H,5H2,1-4H3. The summed E-state index contributed by atoms with van der Waals surface area (Å²) in [6.45, 7) is 6.21. The Bertz CT molecular complexity index is 605. The van der Waals surface area contributed by atoms with E-state index in [-0.39, 0.29) is 5.92 Å². The molecule has 0 saturated heterocycles. The number of hydrogen-bond donors (Lipinski definition) is 1. The molecule has 0 amide bonds. The van der Waals surface area contributed by atoms with Gasteiger partial charge in [-0.05, 0) is 23.5 Å². The van der Waals surface area contributed by atoms with Crippen molar-refractivity contribution in [2.45, 2.75) is 39.2 Å². The number of aromatic nitrogens is 2. The van der Waals surface area contributed by atoms with Crippen LogP contribution in [-0.2, 0) is 13.5 Å². The van der Waals surface area contributed by atoms with E-state index in [1.165, 1.54) is 5.56 Å². The molecule has 1 aromatic heterocycles. The van der Waals surface area contributed by atoms with Crippen LogP contribution in [0.4, 0.5) is 0 Å². The lowest BCUT2D eigenvalue weighted by Gasteiger charge is -2.14. The second-order valence-electron chi connectivity index (χ2n) is 5.37. The molecular formula is C16H21ClN2O. The van der Waals surface area contributed by atoms with Crippen molar-refractivity contribution in [1.82, 2.24) is 9.78 Å². The zero-order valence-corrected chi connectivity index (χ0v) is 13.1. The highest BCUT2D eigenvalue weighted by molar-refractivity contribution is 6.30. The van der Waals surface area contributed by atoms with Gasteiger partial charge in [-0.2, -0.15) is 5.10 Å². The molecule has 0 saturated carbocycles. The summed E-state index contributed by atoms with van der Waals surface area (Å²) in [6, 6.07) is 7.98. The lowest BCUT2D eigenvalue weighted by atomic mass is 9.96. The Morgan fingerprint density at radius 1 is 1.35 bits per heavy atom. The molecule has 0 aliphatic heterocycles. The lowest BCUT2D eigenvalue weighted by molar-refractivity contribution is 0.218. The van der Waals surface area contributed by atoms with Crippen molar-refractivity contribution in [3.8, 4) is 0 Å². The molecule has 3 nitrogen and oxygen atoms in total. The van der Waals surface area contributed by atoms with Gasteiger partial charge in [0.25, 0.3) is 0 Å². The molecule has 20 heavy (non-hydrogen) atoms. The fourth-order valence-electron chi connectivity index (χ4n) is 2.37. The van der Waals surface area contributed by atoms with Gasteiger partial charge in [-0.3, -0.25) is 4.68 Å². The second-order valence-corrected chi connectivity index (χ2v) is 5.73. The fraction of sp³-hybridized carbons (Fsp3) is 0.438. The van der Waals surface area contributed by atoms with Crippen molar-refractivity contribution in [3.05, 3.63) is 51.8 Å². The third-order valence-corrected chi connectivity index (χ3v) is 3.98. The molecule has 2 aromatic rings. The molecule has 2 rings (SSSR count). The number of rotatable bonds is 4.